The monoisotopic (exact) mass is 395 g/mol. The molecule has 2 atom stereocenters. The summed E-state index contributed by atoms with van der Waals surface area (Å²) in [5, 5.41) is 5.54. The molecular weight excluding hydrogens is 370 g/mol. The number of carbonyl (C=O) groups is 2. The number of rotatable bonds is 5. The van der Waals surface area contributed by atoms with Crippen LogP contribution < -0.4 is 15.4 Å². The van der Waals surface area contributed by atoms with E-state index in [0.29, 0.717) is 36.4 Å². The van der Waals surface area contributed by atoms with Crippen LogP contribution in [0.2, 0.25) is 0 Å². The molecule has 1 fully saturated rings. The van der Waals surface area contributed by atoms with E-state index in [4.69, 9.17) is 4.74 Å². The molecule has 2 heterocycles. The van der Waals surface area contributed by atoms with E-state index in [1.165, 1.54) is 10.4 Å². The quantitative estimate of drug-likeness (QED) is 0.784. The number of hydrogen-bond donors (Lipinski definition) is 2. The maximum Gasteiger partial charge on any atom is 0.262 e. The van der Waals surface area contributed by atoms with E-state index in [1.54, 1.807) is 13.0 Å². The summed E-state index contributed by atoms with van der Waals surface area (Å²) in [7, 11) is -3.87. The topological polar surface area (TPSA) is 105 Å². The molecule has 2 N–H and O–H groups in total. The molecule has 1 aromatic rings. The predicted molar refractivity (Wildman–Crippen MR) is 100 cm³/mol. The third-order valence-corrected chi connectivity index (χ3v) is 7.05. The van der Waals surface area contributed by atoms with E-state index in [9.17, 15) is 18.0 Å². The molecule has 2 aliphatic rings. The Morgan fingerprint density at radius 2 is 2.19 bits per heavy atom. The summed E-state index contributed by atoms with van der Waals surface area (Å²) in [5.74, 6) is -0.220. The van der Waals surface area contributed by atoms with Crippen LogP contribution in [0.25, 0.3) is 0 Å². The van der Waals surface area contributed by atoms with Crippen LogP contribution in [0.4, 0.5) is 5.69 Å². The number of aryl methyl sites for hydroxylation is 1. The molecular formula is C18H25N3O5S. The second-order valence-electron chi connectivity index (χ2n) is 7.04. The summed E-state index contributed by atoms with van der Waals surface area (Å²) in [4.78, 5) is 24.1. The lowest BCUT2D eigenvalue weighted by molar-refractivity contribution is -0.124. The molecule has 0 bridgehead atoms. The van der Waals surface area contributed by atoms with E-state index in [2.05, 4.69) is 10.6 Å². The SMILES string of the molecule is CC[C@H](C)NC(=O)[C@H]1CCCN1S(=O)(=O)c1cc2c(cc1C)NC(=O)CO2. The molecule has 148 valence electrons. The van der Waals surface area contributed by atoms with Crippen LogP contribution >= 0.6 is 0 Å². The second-order valence-corrected chi connectivity index (χ2v) is 8.90. The predicted octanol–water partition coefficient (Wildman–Crippen LogP) is 1.39. The van der Waals surface area contributed by atoms with Gasteiger partial charge in [-0.3, -0.25) is 9.59 Å². The fraction of sp³-hybridized carbons (Fsp3) is 0.556. The number of amides is 2. The van der Waals surface area contributed by atoms with Crippen molar-refractivity contribution in [3.05, 3.63) is 17.7 Å². The average Bonchev–Trinajstić information content (AvgIpc) is 3.11. The minimum atomic E-state index is -3.87. The summed E-state index contributed by atoms with van der Waals surface area (Å²) in [6, 6.07) is 2.30. The van der Waals surface area contributed by atoms with Crippen molar-refractivity contribution in [3.8, 4) is 5.75 Å². The number of nitrogens with zero attached hydrogens (tertiary/aromatic N) is 1. The highest BCUT2D eigenvalue weighted by Gasteiger charge is 2.40. The van der Waals surface area contributed by atoms with Crippen molar-refractivity contribution < 1.29 is 22.7 Å². The van der Waals surface area contributed by atoms with Gasteiger partial charge in [0.05, 0.1) is 10.6 Å². The van der Waals surface area contributed by atoms with E-state index >= 15 is 0 Å². The molecule has 1 aromatic carbocycles. The number of anilines is 1. The Labute approximate surface area is 159 Å². The summed E-state index contributed by atoms with van der Waals surface area (Å²) in [5.41, 5.74) is 0.947. The Bertz CT molecular complexity index is 868. The van der Waals surface area contributed by atoms with E-state index in [1.807, 2.05) is 13.8 Å². The molecule has 2 aliphatic heterocycles. The third kappa shape index (κ3) is 3.79. The normalized spacial score (nSPS) is 21.1. The summed E-state index contributed by atoms with van der Waals surface area (Å²) in [6.45, 7) is 5.67. The number of hydrogen-bond acceptors (Lipinski definition) is 5. The average molecular weight is 395 g/mol. The molecule has 0 unspecified atom stereocenters. The van der Waals surface area contributed by atoms with Crippen molar-refractivity contribution in [2.75, 3.05) is 18.5 Å². The fourth-order valence-electron chi connectivity index (χ4n) is 3.35. The Morgan fingerprint density at radius 3 is 2.89 bits per heavy atom. The first-order chi connectivity index (χ1) is 12.7. The van der Waals surface area contributed by atoms with Gasteiger partial charge in [-0.05, 0) is 44.7 Å². The molecule has 8 nitrogen and oxygen atoms in total. The summed E-state index contributed by atoms with van der Waals surface area (Å²) >= 11 is 0. The Hall–Kier alpha value is -2.13. The van der Waals surface area contributed by atoms with Crippen molar-refractivity contribution in [3.63, 3.8) is 0 Å². The van der Waals surface area contributed by atoms with E-state index in [-0.39, 0.29) is 29.4 Å². The number of nitrogens with one attached hydrogen (secondary N) is 2. The standard InChI is InChI=1S/C18H25N3O5S/c1-4-12(3)19-18(23)14-6-5-7-21(14)27(24,25)16-9-15-13(8-11(16)2)20-17(22)10-26-15/h8-9,12,14H,4-7,10H2,1-3H3,(H,19,23)(H,20,22)/t12-,14+/m0/s1. The van der Waals surface area contributed by atoms with Crippen molar-refractivity contribution in [1.29, 1.82) is 0 Å². The maximum absolute atomic E-state index is 13.3. The highest BCUT2D eigenvalue weighted by molar-refractivity contribution is 7.89. The second kappa shape index (κ2) is 7.47. The van der Waals surface area contributed by atoms with Crippen molar-refractivity contribution in [2.24, 2.45) is 0 Å². The fourth-order valence-corrected chi connectivity index (χ4v) is 5.23. The van der Waals surface area contributed by atoms with Crippen LogP contribution in [-0.2, 0) is 19.6 Å². The van der Waals surface area contributed by atoms with Gasteiger partial charge < -0.3 is 15.4 Å². The van der Waals surface area contributed by atoms with Crippen LogP contribution in [-0.4, -0.2) is 49.8 Å². The first kappa shape index (κ1) is 19.6. The Kier molecular flexibility index (Phi) is 5.43. The largest absolute Gasteiger partial charge is 0.482 e. The molecule has 9 heteroatoms. The van der Waals surface area contributed by atoms with E-state index < -0.39 is 16.1 Å². The van der Waals surface area contributed by atoms with Crippen molar-refractivity contribution in [2.45, 2.75) is 57.0 Å². The zero-order valence-electron chi connectivity index (χ0n) is 15.7. The van der Waals surface area contributed by atoms with Crippen molar-refractivity contribution in [1.82, 2.24) is 9.62 Å². The molecule has 0 radical (unpaired) electrons. The van der Waals surface area contributed by atoms with Crippen molar-refractivity contribution >= 4 is 27.5 Å². The minimum absolute atomic E-state index is 0.00912. The Balaban J connectivity index is 1.91. The third-order valence-electron chi connectivity index (χ3n) is 5.00. The highest BCUT2D eigenvalue weighted by Crippen LogP contribution is 2.35. The first-order valence-electron chi connectivity index (χ1n) is 9.13. The van der Waals surface area contributed by atoms with Crippen LogP contribution in [0.3, 0.4) is 0 Å². The molecule has 3 rings (SSSR count). The molecule has 0 aliphatic carbocycles. The van der Waals surface area contributed by atoms with Gasteiger partial charge >= 0.3 is 0 Å². The van der Waals surface area contributed by atoms with Gasteiger partial charge in [0.1, 0.15) is 11.8 Å². The highest BCUT2D eigenvalue weighted by atomic mass is 32.2. The van der Waals surface area contributed by atoms with Crippen LogP contribution in [0.5, 0.6) is 5.75 Å². The van der Waals surface area contributed by atoms with Crippen LogP contribution in [0, 0.1) is 6.92 Å². The first-order valence-corrected chi connectivity index (χ1v) is 10.6. The van der Waals surface area contributed by atoms with Gasteiger partial charge in [0.15, 0.2) is 6.61 Å². The lowest BCUT2D eigenvalue weighted by Crippen LogP contribution is -2.48. The van der Waals surface area contributed by atoms with Gasteiger partial charge in [0.2, 0.25) is 15.9 Å². The zero-order valence-corrected chi connectivity index (χ0v) is 16.6. The van der Waals surface area contributed by atoms with Gasteiger partial charge in [-0.1, -0.05) is 6.92 Å². The van der Waals surface area contributed by atoms with Gasteiger partial charge in [-0.2, -0.15) is 4.31 Å². The summed E-state index contributed by atoms with van der Waals surface area (Å²) in [6.07, 6.45) is 1.91. The number of fused-ring (bicyclic) bond motifs is 1. The van der Waals surface area contributed by atoms with Gasteiger partial charge in [0.25, 0.3) is 5.91 Å². The molecule has 0 saturated carbocycles. The van der Waals surface area contributed by atoms with Crippen LogP contribution in [0.15, 0.2) is 17.0 Å². The summed E-state index contributed by atoms with van der Waals surface area (Å²) < 4.78 is 33.2. The zero-order chi connectivity index (χ0) is 19.8. The lowest BCUT2D eigenvalue weighted by Gasteiger charge is -2.26. The molecule has 0 aromatic heterocycles. The molecule has 0 spiro atoms. The molecule has 2 amide bonds. The number of benzene rings is 1. The van der Waals surface area contributed by atoms with Gasteiger partial charge in [0, 0.05) is 18.7 Å². The number of carbonyl (C=O) groups excluding carboxylic acids is 2. The smallest absolute Gasteiger partial charge is 0.262 e. The molecule has 1 saturated heterocycles. The maximum atomic E-state index is 13.3. The number of ether oxygens (including phenoxy) is 1. The van der Waals surface area contributed by atoms with Gasteiger partial charge in [-0.15, -0.1) is 0 Å². The lowest BCUT2D eigenvalue weighted by atomic mass is 10.2. The number of sulfonamides is 1. The van der Waals surface area contributed by atoms with Gasteiger partial charge in [-0.25, -0.2) is 8.42 Å². The Morgan fingerprint density at radius 1 is 1.44 bits per heavy atom. The molecule has 27 heavy (non-hydrogen) atoms. The van der Waals surface area contributed by atoms with Crippen LogP contribution in [0.1, 0.15) is 38.7 Å². The van der Waals surface area contributed by atoms with E-state index in [0.717, 1.165) is 6.42 Å². The minimum Gasteiger partial charge on any atom is -0.482 e.